The number of carbonyl (C=O) groups excluding carboxylic acids is 1. The van der Waals surface area contributed by atoms with Crippen molar-refractivity contribution >= 4 is 16.6 Å². The van der Waals surface area contributed by atoms with Gasteiger partial charge in [-0.25, -0.2) is 0 Å². The lowest BCUT2D eigenvalue weighted by Crippen LogP contribution is -2.59. The highest BCUT2D eigenvalue weighted by Gasteiger charge is 2.66. The summed E-state index contributed by atoms with van der Waals surface area (Å²) in [6, 6.07) is 7.80. The van der Waals surface area contributed by atoms with Crippen LogP contribution in [-0.4, -0.2) is 39.5 Å². The van der Waals surface area contributed by atoms with Crippen molar-refractivity contribution in [3.8, 4) is 11.5 Å². The van der Waals surface area contributed by atoms with Crippen LogP contribution in [0.15, 0.2) is 36.4 Å². The Morgan fingerprint density at radius 1 is 1.07 bits per heavy atom. The van der Waals surface area contributed by atoms with Gasteiger partial charge in [0.15, 0.2) is 0 Å². The maximum absolute atomic E-state index is 13.7. The Kier molecular flexibility index (Phi) is 3.68. The molecule has 0 saturated carbocycles. The standard InChI is InChI=1S/C23H24O5/c1-22-9-5-6-13-12-28-23(27-4,20(13)22)21(24)16-10-14-15(11-17(16)22)19(26-3)8-7-18(14)25-2/h5-8,10-11,13,20H,9,12H2,1-4H3/t13-,20+,22+,23+/m1/s1. The van der Waals surface area contributed by atoms with Gasteiger partial charge >= 0.3 is 0 Å². The Balaban J connectivity index is 1.87. The van der Waals surface area contributed by atoms with E-state index < -0.39 is 5.79 Å². The van der Waals surface area contributed by atoms with Crippen LogP contribution in [0.1, 0.15) is 29.3 Å². The molecule has 0 amide bonds. The molecule has 0 radical (unpaired) electrons. The summed E-state index contributed by atoms with van der Waals surface area (Å²) in [5.74, 6) is 0.263. The Bertz CT molecular complexity index is 1030. The van der Waals surface area contributed by atoms with Crippen LogP contribution in [0.4, 0.5) is 0 Å². The lowest BCUT2D eigenvalue weighted by atomic mass is 9.55. The number of ether oxygens (including phenoxy) is 4. The number of methoxy groups -OCH3 is 3. The number of benzene rings is 2. The second-order valence-corrected chi connectivity index (χ2v) is 8.12. The molecule has 2 aromatic carbocycles. The van der Waals surface area contributed by atoms with Gasteiger partial charge in [0.1, 0.15) is 11.5 Å². The third-order valence-corrected chi connectivity index (χ3v) is 6.93. The van der Waals surface area contributed by atoms with Gasteiger partial charge in [-0.3, -0.25) is 4.79 Å². The molecule has 5 nitrogen and oxygen atoms in total. The molecule has 0 aromatic heterocycles. The number of carbonyl (C=O) groups is 1. The van der Waals surface area contributed by atoms with E-state index in [0.717, 1.165) is 28.5 Å². The van der Waals surface area contributed by atoms with Crippen molar-refractivity contribution in [3.63, 3.8) is 0 Å². The summed E-state index contributed by atoms with van der Waals surface area (Å²) in [5.41, 5.74) is 1.42. The van der Waals surface area contributed by atoms with E-state index in [1.807, 2.05) is 18.2 Å². The zero-order chi connectivity index (χ0) is 19.7. The van der Waals surface area contributed by atoms with Crippen LogP contribution >= 0.6 is 0 Å². The monoisotopic (exact) mass is 380 g/mol. The van der Waals surface area contributed by atoms with Crippen LogP contribution in [0.3, 0.4) is 0 Å². The smallest absolute Gasteiger partial charge is 0.237 e. The van der Waals surface area contributed by atoms with Gasteiger partial charge in [0.05, 0.1) is 20.8 Å². The van der Waals surface area contributed by atoms with Gasteiger partial charge < -0.3 is 18.9 Å². The highest BCUT2D eigenvalue weighted by Crippen LogP contribution is 2.59. The minimum absolute atomic E-state index is 0.0518. The molecule has 146 valence electrons. The number of fused-ring (bicyclic) bond motifs is 3. The molecule has 2 aromatic rings. The largest absolute Gasteiger partial charge is 0.496 e. The number of ketones is 1. The van der Waals surface area contributed by atoms with E-state index >= 15 is 0 Å². The van der Waals surface area contributed by atoms with Crippen molar-refractivity contribution in [2.75, 3.05) is 27.9 Å². The molecule has 0 unspecified atom stereocenters. The van der Waals surface area contributed by atoms with E-state index in [0.29, 0.717) is 17.9 Å². The van der Waals surface area contributed by atoms with Crippen LogP contribution in [-0.2, 0) is 14.9 Å². The molecule has 3 aliphatic rings. The van der Waals surface area contributed by atoms with E-state index in [1.165, 1.54) is 0 Å². The number of Topliss-reactive ketones (excluding diaryl/α,β-unsaturated/α-hetero) is 1. The molecular formula is C23H24O5. The van der Waals surface area contributed by atoms with E-state index in [1.54, 1.807) is 21.3 Å². The van der Waals surface area contributed by atoms with Gasteiger partial charge in [-0.2, -0.15) is 0 Å². The maximum atomic E-state index is 13.7. The third kappa shape index (κ3) is 1.96. The van der Waals surface area contributed by atoms with Crippen LogP contribution in [0, 0.1) is 11.8 Å². The average molecular weight is 380 g/mol. The minimum atomic E-state index is -1.23. The molecule has 1 heterocycles. The van der Waals surface area contributed by atoms with E-state index in [9.17, 15) is 4.79 Å². The van der Waals surface area contributed by atoms with Crippen molar-refractivity contribution in [3.05, 3.63) is 47.5 Å². The first-order valence-corrected chi connectivity index (χ1v) is 9.60. The Labute approximate surface area is 164 Å². The molecule has 5 rings (SSSR count). The predicted molar refractivity (Wildman–Crippen MR) is 105 cm³/mol. The zero-order valence-electron chi connectivity index (χ0n) is 16.6. The maximum Gasteiger partial charge on any atom is 0.237 e. The topological polar surface area (TPSA) is 54.0 Å². The molecule has 4 atom stereocenters. The summed E-state index contributed by atoms with van der Waals surface area (Å²) in [7, 11) is 4.87. The van der Waals surface area contributed by atoms with Gasteiger partial charge in [-0.15, -0.1) is 0 Å². The first kappa shape index (κ1) is 17.7. The van der Waals surface area contributed by atoms with Crippen LogP contribution in [0.25, 0.3) is 10.8 Å². The SMILES string of the molecule is COc1ccc(OC)c2cc3c(cc12)C(=O)[C@@]1(OC)OC[C@H]2C=CC[C@]3(C)[C@H]21. The highest BCUT2D eigenvalue weighted by molar-refractivity contribution is 6.09. The van der Waals surface area contributed by atoms with Gasteiger partial charge in [0, 0.05) is 40.7 Å². The lowest BCUT2D eigenvalue weighted by Gasteiger charge is -2.50. The van der Waals surface area contributed by atoms with Gasteiger partial charge in [-0.1, -0.05) is 19.1 Å². The van der Waals surface area contributed by atoms with Gasteiger partial charge in [0.25, 0.3) is 0 Å². The van der Waals surface area contributed by atoms with Crippen molar-refractivity contribution in [1.82, 2.24) is 0 Å². The second-order valence-electron chi connectivity index (χ2n) is 8.12. The first-order valence-electron chi connectivity index (χ1n) is 9.60. The predicted octanol–water partition coefficient (Wildman–Crippen LogP) is 3.88. The summed E-state index contributed by atoms with van der Waals surface area (Å²) >= 11 is 0. The Morgan fingerprint density at radius 2 is 1.75 bits per heavy atom. The molecule has 28 heavy (non-hydrogen) atoms. The van der Waals surface area contributed by atoms with E-state index in [-0.39, 0.29) is 23.0 Å². The molecule has 1 fully saturated rings. The molecule has 2 aliphatic carbocycles. The van der Waals surface area contributed by atoms with Gasteiger partial charge in [0.2, 0.25) is 11.6 Å². The molecule has 0 N–H and O–H groups in total. The number of hydrogen-bond acceptors (Lipinski definition) is 5. The Hall–Kier alpha value is -2.37. The molecule has 5 heteroatoms. The van der Waals surface area contributed by atoms with Crippen LogP contribution < -0.4 is 9.47 Å². The van der Waals surface area contributed by atoms with Crippen molar-refractivity contribution in [1.29, 1.82) is 0 Å². The first-order chi connectivity index (χ1) is 13.5. The summed E-state index contributed by atoms with van der Waals surface area (Å²) in [4.78, 5) is 13.7. The molecule has 1 aliphatic heterocycles. The molecule has 0 bridgehead atoms. The normalized spacial score (nSPS) is 32.9. The second kappa shape index (κ2) is 5.82. The highest BCUT2D eigenvalue weighted by atomic mass is 16.7. The minimum Gasteiger partial charge on any atom is -0.496 e. The summed E-state index contributed by atoms with van der Waals surface area (Å²) in [6.07, 6.45) is 5.22. The third-order valence-electron chi connectivity index (χ3n) is 6.93. The van der Waals surface area contributed by atoms with Crippen molar-refractivity contribution < 1.29 is 23.7 Å². The summed E-state index contributed by atoms with van der Waals surface area (Å²) in [6.45, 7) is 2.72. The fraction of sp³-hybridized carbons (Fsp3) is 0.435. The van der Waals surface area contributed by atoms with Gasteiger partial charge in [-0.05, 0) is 36.2 Å². The van der Waals surface area contributed by atoms with Crippen molar-refractivity contribution in [2.24, 2.45) is 11.8 Å². The van der Waals surface area contributed by atoms with E-state index in [4.69, 9.17) is 18.9 Å². The zero-order valence-corrected chi connectivity index (χ0v) is 16.6. The quantitative estimate of drug-likeness (QED) is 0.757. The van der Waals surface area contributed by atoms with E-state index in [2.05, 4.69) is 25.1 Å². The molecule has 0 spiro atoms. The molecule has 1 saturated heterocycles. The molecular weight excluding hydrogens is 356 g/mol. The Morgan fingerprint density at radius 3 is 2.39 bits per heavy atom. The fourth-order valence-electron chi connectivity index (χ4n) is 5.67. The number of allylic oxidation sites excluding steroid dienone is 1. The number of hydrogen-bond donors (Lipinski definition) is 0. The summed E-state index contributed by atoms with van der Waals surface area (Å²) < 4.78 is 23.1. The number of rotatable bonds is 3. The fourth-order valence-corrected chi connectivity index (χ4v) is 5.67. The van der Waals surface area contributed by atoms with Crippen LogP contribution in [0.2, 0.25) is 0 Å². The van der Waals surface area contributed by atoms with Crippen molar-refractivity contribution in [2.45, 2.75) is 24.5 Å². The lowest BCUT2D eigenvalue weighted by molar-refractivity contribution is -0.191. The van der Waals surface area contributed by atoms with Crippen LogP contribution in [0.5, 0.6) is 11.5 Å². The summed E-state index contributed by atoms with van der Waals surface area (Å²) in [5, 5.41) is 1.80. The average Bonchev–Trinajstić information content (AvgIpc) is 3.12.